The molecule has 4 aromatic rings. The van der Waals surface area contributed by atoms with E-state index in [1.54, 1.807) is 10.4 Å². The minimum absolute atomic E-state index is 0.481. The van der Waals surface area contributed by atoms with Crippen molar-refractivity contribution in [2.24, 2.45) is 0 Å². The maximum absolute atomic E-state index is 6.21. The Morgan fingerprint density at radius 2 is 1.02 bits per heavy atom. The SMILES string of the molecule is CCCC[Si](CCCC)(CCCC)c1cccc(P(c2ccccc2OC)N(C)Pc2cccc([Si](CCCC)(CCCC)CCCC)c2-c2ccccc2OC)c1. The molecule has 0 aliphatic carbocycles. The molecule has 7 heteroatoms. The molecular formula is C51H79NO2P2Si2. The summed E-state index contributed by atoms with van der Waals surface area (Å²) in [7, 11) is 2.07. The Balaban J connectivity index is 1.98. The fourth-order valence-corrected chi connectivity index (χ4v) is 25.5. The molecule has 0 aliphatic heterocycles. The standard InChI is InChI=1S/C51H79NO2P2Si2/c1-10-16-36-57(37-17-11-2,38-18-12-3)44-29-26-28-43(42-44)56(49-34-25-24-32-47(49)54-9)52(7)55-48-33-27-35-50(51(48)45-30-22-23-31-46(45)53-8)58(39-19-13-4,40-20-14-5)41-21-15-6/h22-35,42,55H,10-21,36-41H2,1-9H3. The summed E-state index contributed by atoms with van der Waals surface area (Å²) in [6.07, 6.45) is 15.5. The molecule has 0 heterocycles. The van der Waals surface area contributed by atoms with Crippen molar-refractivity contribution in [3.05, 3.63) is 91.0 Å². The van der Waals surface area contributed by atoms with Gasteiger partial charge in [0.05, 0.1) is 30.4 Å². The highest BCUT2D eigenvalue weighted by Gasteiger charge is 2.38. The lowest BCUT2D eigenvalue weighted by atomic mass is 10.0. The molecule has 0 bridgehead atoms. The van der Waals surface area contributed by atoms with Crippen molar-refractivity contribution < 1.29 is 9.47 Å². The van der Waals surface area contributed by atoms with Crippen LogP contribution in [0.2, 0.25) is 36.3 Å². The predicted molar refractivity (Wildman–Crippen MR) is 269 cm³/mol. The summed E-state index contributed by atoms with van der Waals surface area (Å²) in [6.45, 7) is 14.3. The van der Waals surface area contributed by atoms with Gasteiger partial charge in [-0.15, -0.1) is 0 Å². The van der Waals surface area contributed by atoms with Crippen molar-refractivity contribution in [3.63, 3.8) is 0 Å². The first-order valence-corrected chi connectivity index (χ1v) is 30.6. The lowest BCUT2D eigenvalue weighted by Crippen LogP contribution is -2.49. The van der Waals surface area contributed by atoms with Gasteiger partial charge in [-0.25, -0.2) is 0 Å². The van der Waals surface area contributed by atoms with Crippen LogP contribution < -0.4 is 35.8 Å². The molecule has 2 unspecified atom stereocenters. The molecule has 0 amide bonds. The summed E-state index contributed by atoms with van der Waals surface area (Å²) >= 11 is 0. The molecule has 0 spiro atoms. The van der Waals surface area contributed by atoms with E-state index in [1.807, 2.05) is 14.2 Å². The molecule has 0 aromatic heterocycles. The molecule has 3 nitrogen and oxygen atoms in total. The summed E-state index contributed by atoms with van der Waals surface area (Å²) < 4.78 is 15.1. The highest BCUT2D eigenvalue weighted by molar-refractivity contribution is 7.77. The van der Waals surface area contributed by atoms with Gasteiger partial charge in [-0.05, 0) is 50.2 Å². The summed E-state index contributed by atoms with van der Waals surface area (Å²) in [5, 5.41) is 7.58. The first-order valence-electron chi connectivity index (χ1n) is 23.1. The molecule has 0 radical (unpaired) electrons. The molecule has 0 saturated carbocycles. The Labute approximate surface area is 361 Å². The first kappa shape index (κ1) is 48.4. The monoisotopic (exact) mass is 856 g/mol. The van der Waals surface area contributed by atoms with Crippen LogP contribution in [0.4, 0.5) is 0 Å². The van der Waals surface area contributed by atoms with Gasteiger partial charge < -0.3 is 9.47 Å². The quantitative estimate of drug-likeness (QED) is 0.0420. The van der Waals surface area contributed by atoms with Crippen LogP contribution in [0.15, 0.2) is 91.0 Å². The van der Waals surface area contributed by atoms with Crippen LogP contribution in [0.1, 0.15) is 119 Å². The third-order valence-electron chi connectivity index (χ3n) is 12.7. The van der Waals surface area contributed by atoms with Crippen molar-refractivity contribution in [2.45, 2.75) is 155 Å². The third-order valence-corrected chi connectivity index (χ3v) is 27.7. The highest BCUT2D eigenvalue weighted by Crippen LogP contribution is 2.48. The fraction of sp³-hybridized carbons (Fsp3) is 0.529. The average Bonchev–Trinajstić information content (AvgIpc) is 3.26. The van der Waals surface area contributed by atoms with Gasteiger partial charge in [0.1, 0.15) is 11.5 Å². The van der Waals surface area contributed by atoms with Crippen LogP contribution in [0, 0.1) is 0 Å². The Hall–Kier alpha value is -2.27. The van der Waals surface area contributed by atoms with Gasteiger partial charge in [-0.1, -0.05) is 238 Å². The van der Waals surface area contributed by atoms with E-state index in [1.165, 1.54) is 140 Å². The van der Waals surface area contributed by atoms with E-state index in [4.69, 9.17) is 9.47 Å². The van der Waals surface area contributed by atoms with E-state index in [9.17, 15) is 0 Å². The topological polar surface area (TPSA) is 21.7 Å². The van der Waals surface area contributed by atoms with Gasteiger partial charge in [0.15, 0.2) is 0 Å². The summed E-state index contributed by atoms with van der Waals surface area (Å²) in [4.78, 5) is 0. The Kier molecular flexibility index (Phi) is 21.3. The van der Waals surface area contributed by atoms with E-state index < -0.39 is 24.2 Å². The number of rotatable bonds is 28. The Bertz CT molecular complexity index is 1740. The largest absolute Gasteiger partial charge is 0.496 e. The molecule has 2 atom stereocenters. The Morgan fingerprint density at radius 3 is 1.55 bits per heavy atom. The third kappa shape index (κ3) is 12.4. The Morgan fingerprint density at radius 1 is 0.534 bits per heavy atom. The summed E-state index contributed by atoms with van der Waals surface area (Å²) in [5.74, 6) is 1.98. The van der Waals surface area contributed by atoms with E-state index >= 15 is 0 Å². The van der Waals surface area contributed by atoms with Crippen molar-refractivity contribution in [1.29, 1.82) is 0 Å². The number of hydrogen-bond acceptors (Lipinski definition) is 3. The number of nitrogens with zero attached hydrogens (tertiary/aromatic N) is 1. The van der Waals surface area contributed by atoms with Gasteiger partial charge >= 0.3 is 0 Å². The van der Waals surface area contributed by atoms with Crippen LogP contribution >= 0.6 is 16.8 Å². The molecule has 318 valence electrons. The molecule has 4 rings (SSSR count). The molecule has 0 fully saturated rings. The average molecular weight is 856 g/mol. The molecule has 0 aliphatic rings. The molecular weight excluding hydrogens is 777 g/mol. The zero-order valence-corrected chi connectivity index (χ0v) is 42.0. The second-order valence-corrected chi connectivity index (χ2v) is 30.0. The minimum atomic E-state index is -1.89. The van der Waals surface area contributed by atoms with Gasteiger partial charge in [-0.2, -0.15) is 0 Å². The van der Waals surface area contributed by atoms with E-state index in [-0.39, 0.29) is 0 Å². The lowest BCUT2D eigenvalue weighted by molar-refractivity contribution is 0.416. The molecule has 58 heavy (non-hydrogen) atoms. The van der Waals surface area contributed by atoms with Crippen LogP contribution in [0.25, 0.3) is 11.1 Å². The van der Waals surface area contributed by atoms with Crippen LogP contribution in [-0.4, -0.2) is 41.9 Å². The maximum Gasteiger partial charge on any atom is 0.128 e. The lowest BCUT2D eigenvalue weighted by Gasteiger charge is -2.37. The number of hydrogen-bond donors (Lipinski definition) is 0. The first-order chi connectivity index (χ1) is 28.3. The van der Waals surface area contributed by atoms with Crippen molar-refractivity contribution >= 4 is 59.2 Å². The van der Waals surface area contributed by atoms with Crippen molar-refractivity contribution in [1.82, 2.24) is 4.44 Å². The molecule has 0 saturated heterocycles. The van der Waals surface area contributed by atoms with Gasteiger partial charge in [0, 0.05) is 18.9 Å². The highest BCUT2D eigenvalue weighted by atomic mass is 31.2. The minimum Gasteiger partial charge on any atom is -0.496 e. The smallest absolute Gasteiger partial charge is 0.128 e. The molecule has 4 aromatic carbocycles. The molecule has 0 N–H and O–H groups in total. The van der Waals surface area contributed by atoms with Crippen LogP contribution in [0.5, 0.6) is 11.5 Å². The van der Waals surface area contributed by atoms with Crippen molar-refractivity contribution in [3.8, 4) is 22.6 Å². The maximum atomic E-state index is 6.21. The number of ether oxygens (including phenoxy) is 2. The number of benzene rings is 4. The number of methoxy groups -OCH3 is 2. The van der Waals surface area contributed by atoms with Crippen molar-refractivity contribution in [2.75, 3.05) is 21.3 Å². The second kappa shape index (κ2) is 25.5. The van der Waals surface area contributed by atoms with Gasteiger partial charge in [0.25, 0.3) is 0 Å². The summed E-state index contributed by atoms with van der Waals surface area (Å²) in [5.41, 5.74) is 2.73. The van der Waals surface area contributed by atoms with Gasteiger partial charge in [0.2, 0.25) is 0 Å². The zero-order chi connectivity index (χ0) is 41.8. The van der Waals surface area contributed by atoms with Gasteiger partial charge in [-0.3, -0.25) is 4.44 Å². The van der Waals surface area contributed by atoms with Crippen LogP contribution in [-0.2, 0) is 0 Å². The fourth-order valence-electron chi connectivity index (χ4n) is 9.38. The number of para-hydroxylation sites is 2. The van der Waals surface area contributed by atoms with E-state index in [0.717, 1.165) is 11.5 Å². The second-order valence-electron chi connectivity index (χ2n) is 16.8. The normalized spacial score (nSPS) is 12.8. The number of unbranched alkanes of at least 4 members (excludes halogenated alkanes) is 6. The zero-order valence-electron chi connectivity index (χ0n) is 38.1. The van der Waals surface area contributed by atoms with Crippen LogP contribution in [0.3, 0.4) is 0 Å². The van der Waals surface area contributed by atoms with E-state index in [0.29, 0.717) is 8.73 Å². The van der Waals surface area contributed by atoms with E-state index in [2.05, 4.69) is 144 Å². The predicted octanol–water partition coefficient (Wildman–Crippen LogP) is 13.7. The summed E-state index contributed by atoms with van der Waals surface area (Å²) in [6, 6.07) is 43.6.